The van der Waals surface area contributed by atoms with Crippen molar-refractivity contribution >= 4 is 31.9 Å². The average Bonchev–Trinajstić information content (AvgIpc) is 1.96. The minimum atomic E-state index is 0.286. The summed E-state index contributed by atoms with van der Waals surface area (Å²) in [6.45, 7) is 2.13. The molecule has 66 valence electrons. The first-order valence-corrected chi connectivity index (χ1v) is 5.40. The smallest absolute Gasteiger partial charge is 0.117 e. The van der Waals surface area contributed by atoms with Crippen molar-refractivity contribution in [3.05, 3.63) is 26.6 Å². The molecule has 0 amide bonds. The molecular weight excluding hydrogens is 284 g/mol. The van der Waals surface area contributed by atoms with E-state index in [0.717, 1.165) is 21.8 Å². The van der Waals surface area contributed by atoms with Crippen LogP contribution in [0.25, 0.3) is 0 Å². The lowest BCUT2D eigenvalue weighted by atomic mass is 10.1. The van der Waals surface area contributed by atoms with Crippen LogP contribution in [0.1, 0.15) is 18.9 Å². The first-order valence-electron chi connectivity index (χ1n) is 3.82. The van der Waals surface area contributed by atoms with Gasteiger partial charge in [0.25, 0.3) is 0 Å². The summed E-state index contributed by atoms with van der Waals surface area (Å²) in [5.41, 5.74) is 1.22. The van der Waals surface area contributed by atoms with Gasteiger partial charge in [-0.05, 0) is 24.1 Å². The maximum absolute atomic E-state index is 9.23. The van der Waals surface area contributed by atoms with E-state index in [-0.39, 0.29) is 5.75 Å². The number of hydrogen-bond acceptors (Lipinski definition) is 1. The Bertz CT molecular complexity index is 261. The van der Waals surface area contributed by atoms with Crippen molar-refractivity contribution in [3.63, 3.8) is 0 Å². The molecule has 1 aromatic rings. The predicted octanol–water partition coefficient (Wildman–Crippen LogP) is 3.87. The number of hydrogen-bond donors (Lipinski definition) is 1. The van der Waals surface area contributed by atoms with Gasteiger partial charge in [-0.3, -0.25) is 0 Å². The molecule has 0 bridgehead atoms. The Balaban J connectivity index is 3.10. The first kappa shape index (κ1) is 10.1. The van der Waals surface area contributed by atoms with Crippen molar-refractivity contribution in [2.24, 2.45) is 0 Å². The van der Waals surface area contributed by atoms with Crippen molar-refractivity contribution in [2.45, 2.75) is 19.8 Å². The van der Waals surface area contributed by atoms with E-state index in [0.29, 0.717) is 0 Å². The van der Waals surface area contributed by atoms with Gasteiger partial charge in [0.15, 0.2) is 0 Å². The van der Waals surface area contributed by atoms with Gasteiger partial charge in [0.2, 0.25) is 0 Å². The summed E-state index contributed by atoms with van der Waals surface area (Å²) in [4.78, 5) is 0. The van der Waals surface area contributed by atoms with Crippen LogP contribution in [0.4, 0.5) is 0 Å². The Kier molecular flexibility index (Phi) is 3.59. The van der Waals surface area contributed by atoms with E-state index in [1.807, 2.05) is 0 Å². The summed E-state index contributed by atoms with van der Waals surface area (Å²) in [5.74, 6) is 0.286. The van der Waals surface area contributed by atoms with E-state index in [4.69, 9.17) is 0 Å². The summed E-state index contributed by atoms with van der Waals surface area (Å²) in [7, 11) is 0. The zero-order valence-electron chi connectivity index (χ0n) is 6.77. The normalized spacial score (nSPS) is 10.2. The SMILES string of the molecule is CCCc1c(Br)cc(O)cc1Br. The lowest BCUT2D eigenvalue weighted by molar-refractivity contribution is 0.474. The van der Waals surface area contributed by atoms with Crippen LogP contribution < -0.4 is 0 Å². The molecule has 12 heavy (non-hydrogen) atoms. The summed E-state index contributed by atoms with van der Waals surface area (Å²) in [6, 6.07) is 3.44. The Morgan fingerprint density at radius 2 is 1.75 bits per heavy atom. The standard InChI is InChI=1S/C9H10Br2O/c1-2-3-7-8(10)4-6(12)5-9(7)11/h4-5,12H,2-3H2,1H3. The molecule has 0 aliphatic heterocycles. The molecule has 0 spiro atoms. The minimum absolute atomic E-state index is 0.286. The molecule has 3 heteroatoms. The monoisotopic (exact) mass is 292 g/mol. The zero-order valence-corrected chi connectivity index (χ0v) is 9.94. The van der Waals surface area contributed by atoms with Gasteiger partial charge in [-0.25, -0.2) is 0 Å². The van der Waals surface area contributed by atoms with Crippen LogP contribution in [-0.2, 0) is 6.42 Å². The van der Waals surface area contributed by atoms with Gasteiger partial charge >= 0.3 is 0 Å². The second-order valence-corrected chi connectivity index (χ2v) is 4.35. The average molecular weight is 294 g/mol. The number of benzene rings is 1. The van der Waals surface area contributed by atoms with Gasteiger partial charge in [0.05, 0.1) is 0 Å². The molecule has 0 saturated carbocycles. The van der Waals surface area contributed by atoms with Gasteiger partial charge < -0.3 is 5.11 Å². The fourth-order valence-electron chi connectivity index (χ4n) is 1.08. The summed E-state index contributed by atoms with van der Waals surface area (Å²) in [5, 5.41) is 9.23. The molecule has 0 aliphatic rings. The van der Waals surface area contributed by atoms with E-state index >= 15 is 0 Å². The number of phenolic OH excluding ortho intramolecular Hbond substituents is 1. The number of rotatable bonds is 2. The van der Waals surface area contributed by atoms with E-state index in [2.05, 4.69) is 38.8 Å². The van der Waals surface area contributed by atoms with E-state index in [1.165, 1.54) is 5.56 Å². The number of phenols is 1. The van der Waals surface area contributed by atoms with Crippen LogP contribution in [0.2, 0.25) is 0 Å². The van der Waals surface area contributed by atoms with Gasteiger partial charge in [-0.1, -0.05) is 45.2 Å². The maximum Gasteiger partial charge on any atom is 0.117 e. The molecule has 0 atom stereocenters. The molecule has 0 radical (unpaired) electrons. The lowest BCUT2D eigenvalue weighted by Crippen LogP contribution is -1.87. The van der Waals surface area contributed by atoms with E-state index in [9.17, 15) is 5.11 Å². The molecular formula is C9H10Br2O. The fraction of sp³-hybridized carbons (Fsp3) is 0.333. The third-order valence-electron chi connectivity index (χ3n) is 1.63. The van der Waals surface area contributed by atoms with Gasteiger partial charge in [-0.2, -0.15) is 0 Å². The van der Waals surface area contributed by atoms with Crippen molar-refractivity contribution in [2.75, 3.05) is 0 Å². The summed E-state index contributed by atoms with van der Waals surface area (Å²) in [6.07, 6.45) is 2.11. The van der Waals surface area contributed by atoms with Gasteiger partial charge in [-0.15, -0.1) is 0 Å². The highest BCUT2D eigenvalue weighted by Gasteiger charge is 2.05. The maximum atomic E-state index is 9.23. The molecule has 0 fully saturated rings. The van der Waals surface area contributed by atoms with E-state index < -0.39 is 0 Å². The number of halogens is 2. The van der Waals surface area contributed by atoms with Crippen LogP contribution in [0.3, 0.4) is 0 Å². The molecule has 1 aromatic carbocycles. The topological polar surface area (TPSA) is 20.2 Å². The highest BCUT2D eigenvalue weighted by molar-refractivity contribution is 9.11. The molecule has 1 rings (SSSR count). The molecule has 0 heterocycles. The summed E-state index contributed by atoms with van der Waals surface area (Å²) < 4.78 is 1.94. The second-order valence-electron chi connectivity index (χ2n) is 2.64. The lowest BCUT2D eigenvalue weighted by Gasteiger charge is -2.06. The fourth-order valence-corrected chi connectivity index (χ4v) is 2.64. The van der Waals surface area contributed by atoms with Crippen LogP contribution in [0.5, 0.6) is 5.75 Å². The Labute approximate surface area is 89.1 Å². The van der Waals surface area contributed by atoms with Crippen LogP contribution >= 0.6 is 31.9 Å². The van der Waals surface area contributed by atoms with Gasteiger partial charge in [0, 0.05) is 8.95 Å². The third-order valence-corrected chi connectivity index (χ3v) is 3.04. The van der Waals surface area contributed by atoms with Crippen LogP contribution in [0.15, 0.2) is 21.1 Å². The van der Waals surface area contributed by atoms with E-state index in [1.54, 1.807) is 12.1 Å². The molecule has 1 N–H and O–H groups in total. The molecule has 0 unspecified atom stereocenters. The van der Waals surface area contributed by atoms with Gasteiger partial charge in [0.1, 0.15) is 5.75 Å². The molecule has 0 aliphatic carbocycles. The number of aromatic hydroxyl groups is 1. The first-order chi connectivity index (χ1) is 5.65. The van der Waals surface area contributed by atoms with Crippen LogP contribution in [-0.4, -0.2) is 5.11 Å². The predicted molar refractivity (Wildman–Crippen MR) is 57.5 cm³/mol. The van der Waals surface area contributed by atoms with Crippen molar-refractivity contribution < 1.29 is 5.11 Å². The largest absolute Gasteiger partial charge is 0.508 e. The third kappa shape index (κ3) is 2.23. The molecule has 1 nitrogen and oxygen atoms in total. The Hall–Kier alpha value is -0.0200. The second kappa shape index (κ2) is 4.28. The Morgan fingerprint density at radius 3 is 2.17 bits per heavy atom. The van der Waals surface area contributed by atoms with Crippen molar-refractivity contribution in [3.8, 4) is 5.75 Å². The highest BCUT2D eigenvalue weighted by atomic mass is 79.9. The van der Waals surface area contributed by atoms with Crippen LogP contribution in [0, 0.1) is 0 Å². The minimum Gasteiger partial charge on any atom is -0.508 e. The zero-order chi connectivity index (χ0) is 9.14. The van der Waals surface area contributed by atoms with Crippen molar-refractivity contribution in [1.29, 1.82) is 0 Å². The highest BCUT2D eigenvalue weighted by Crippen LogP contribution is 2.30. The quantitative estimate of drug-likeness (QED) is 0.878. The molecule has 0 saturated heterocycles. The Morgan fingerprint density at radius 1 is 1.25 bits per heavy atom. The molecule has 0 aromatic heterocycles. The summed E-state index contributed by atoms with van der Waals surface area (Å²) >= 11 is 6.82. The van der Waals surface area contributed by atoms with Crippen molar-refractivity contribution in [1.82, 2.24) is 0 Å².